The molecule has 3 aromatic carbocycles. The number of rotatable bonds is 6. The third-order valence-electron chi connectivity index (χ3n) is 5.39. The highest BCUT2D eigenvalue weighted by Crippen LogP contribution is 2.33. The van der Waals surface area contributed by atoms with Crippen LogP contribution in [0.15, 0.2) is 72.8 Å². The van der Waals surface area contributed by atoms with Crippen LogP contribution in [0.3, 0.4) is 0 Å². The lowest BCUT2D eigenvalue weighted by molar-refractivity contribution is -0.114. The fraction of sp³-hybridized carbons (Fsp3) is 0.111. The third kappa shape index (κ3) is 5.16. The van der Waals surface area contributed by atoms with Crippen LogP contribution in [0.1, 0.15) is 40.3 Å². The van der Waals surface area contributed by atoms with Crippen molar-refractivity contribution in [2.75, 3.05) is 10.6 Å². The van der Waals surface area contributed by atoms with E-state index >= 15 is 0 Å². The number of aromatic nitrogens is 2. The Kier molecular flexibility index (Phi) is 6.55. The number of ketones is 1. The monoisotopic (exact) mass is 470 g/mol. The molecular formula is C27H23FN4O3. The van der Waals surface area contributed by atoms with Crippen LogP contribution >= 0.6 is 0 Å². The summed E-state index contributed by atoms with van der Waals surface area (Å²) in [6, 6.07) is 19.4. The molecule has 8 heteroatoms. The molecule has 0 fully saturated rings. The Balaban J connectivity index is 1.64. The second kappa shape index (κ2) is 9.72. The van der Waals surface area contributed by atoms with Crippen LogP contribution in [-0.2, 0) is 4.79 Å². The maximum Gasteiger partial charge on any atom is 0.255 e. The summed E-state index contributed by atoms with van der Waals surface area (Å²) in [5.41, 5.74) is 4.09. The summed E-state index contributed by atoms with van der Waals surface area (Å²) >= 11 is 0. The van der Waals surface area contributed by atoms with Crippen molar-refractivity contribution in [1.82, 2.24) is 9.78 Å². The molecule has 176 valence electrons. The Morgan fingerprint density at radius 1 is 0.857 bits per heavy atom. The van der Waals surface area contributed by atoms with E-state index in [1.807, 2.05) is 0 Å². The predicted molar refractivity (Wildman–Crippen MR) is 132 cm³/mol. The molecular weight excluding hydrogens is 447 g/mol. The van der Waals surface area contributed by atoms with Gasteiger partial charge in [0.2, 0.25) is 5.91 Å². The first-order valence-electron chi connectivity index (χ1n) is 10.9. The summed E-state index contributed by atoms with van der Waals surface area (Å²) in [7, 11) is 0. The van der Waals surface area contributed by atoms with E-state index in [4.69, 9.17) is 0 Å². The quantitative estimate of drug-likeness (QED) is 0.369. The molecule has 0 radical (unpaired) electrons. The van der Waals surface area contributed by atoms with E-state index in [9.17, 15) is 18.8 Å². The van der Waals surface area contributed by atoms with Gasteiger partial charge in [0.1, 0.15) is 11.6 Å². The minimum Gasteiger partial charge on any atom is -0.322 e. The Hall–Kier alpha value is -4.59. The zero-order chi connectivity index (χ0) is 25.1. The highest BCUT2D eigenvalue weighted by Gasteiger charge is 2.19. The topological polar surface area (TPSA) is 93.1 Å². The molecule has 0 aliphatic carbocycles. The van der Waals surface area contributed by atoms with Gasteiger partial charge in [-0.3, -0.25) is 14.4 Å². The Labute approximate surface area is 201 Å². The molecule has 4 rings (SSSR count). The Bertz CT molecular complexity index is 1420. The molecule has 1 aromatic heterocycles. The fourth-order valence-corrected chi connectivity index (χ4v) is 3.73. The van der Waals surface area contributed by atoms with E-state index in [1.54, 1.807) is 72.3 Å². The summed E-state index contributed by atoms with van der Waals surface area (Å²) in [6.45, 7) is 4.67. The average molecular weight is 471 g/mol. The van der Waals surface area contributed by atoms with Crippen LogP contribution in [0.4, 0.5) is 15.9 Å². The van der Waals surface area contributed by atoms with Gasteiger partial charge in [-0.25, -0.2) is 9.07 Å². The first-order chi connectivity index (χ1) is 16.7. The highest BCUT2D eigenvalue weighted by molar-refractivity contribution is 6.05. The SMILES string of the molecule is CC(=O)Nc1c(-c2ccc(F)cc2)c(C)nn1-c1ccc(C(=O)Nc2cccc(C(C)=O)c2)cc1. The summed E-state index contributed by atoms with van der Waals surface area (Å²) in [4.78, 5) is 36.2. The molecule has 0 bridgehead atoms. The van der Waals surface area contributed by atoms with Gasteiger partial charge in [-0.05, 0) is 67.9 Å². The number of hydrogen-bond acceptors (Lipinski definition) is 4. The van der Waals surface area contributed by atoms with Crippen molar-refractivity contribution in [1.29, 1.82) is 0 Å². The highest BCUT2D eigenvalue weighted by atomic mass is 19.1. The van der Waals surface area contributed by atoms with Crippen molar-refractivity contribution in [3.8, 4) is 16.8 Å². The lowest BCUT2D eigenvalue weighted by Crippen LogP contribution is -2.13. The number of halogens is 1. The van der Waals surface area contributed by atoms with Gasteiger partial charge in [0.05, 0.1) is 11.4 Å². The lowest BCUT2D eigenvalue weighted by Gasteiger charge is -2.11. The fourth-order valence-electron chi connectivity index (χ4n) is 3.73. The summed E-state index contributed by atoms with van der Waals surface area (Å²) in [5.74, 6) is -0.613. The van der Waals surface area contributed by atoms with Gasteiger partial charge < -0.3 is 10.6 Å². The van der Waals surface area contributed by atoms with Gasteiger partial charge in [-0.2, -0.15) is 5.10 Å². The second-order valence-corrected chi connectivity index (χ2v) is 8.05. The van der Waals surface area contributed by atoms with Gasteiger partial charge in [-0.1, -0.05) is 24.3 Å². The Morgan fingerprint density at radius 3 is 2.17 bits per heavy atom. The number of carbonyl (C=O) groups is 3. The molecule has 0 aliphatic rings. The van der Waals surface area contributed by atoms with E-state index in [2.05, 4.69) is 15.7 Å². The largest absolute Gasteiger partial charge is 0.322 e. The standard InChI is InChI=1S/C27H23FN4O3/c1-16-25(19-7-11-22(28)12-8-19)26(29-18(3)34)32(31-16)24-13-9-20(10-14-24)27(35)30-23-6-4-5-21(15-23)17(2)33/h4-15H,1-3H3,(H,29,34)(H,30,35). The maximum absolute atomic E-state index is 13.4. The molecule has 2 amide bonds. The van der Waals surface area contributed by atoms with E-state index in [0.717, 1.165) is 0 Å². The van der Waals surface area contributed by atoms with Crippen LogP contribution in [-0.4, -0.2) is 27.4 Å². The van der Waals surface area contributed by atoms with E-state index in [0.29, 0.717) is 45.1 Å². The molecule has 7 nitrogen and oxygen atoms in total. The third-order valence-corrected chi connectivity index (χ3v) is 5.39. The van der Waals surface area contributed by atoms with Crippen molar-refractivity contribution in [2.45, 2.75) is 20.8 Å². The molecule has 2 N–H and O–H groups in total. The van der Waals surface area contributed by atoms with E-state index in [-0.39, 0.29) is 23.4 Å². The minimum absolute atomic E-state index is 0.0880. The van der Waals surface area contributed by atoms with Crippen LogP contribution in [0.2, 0.25) is 0 Å². The predicted octanol–water partition coefficient (Wildman–Crippen LogP) is 5.40. The van der Waals surface area contributed by atoms with Crippen LogP contribution in [0, 0.1) is 12.7 Å². The van der Waals surface area contributed by atoms with Crippen molar-refractivity contribution < 1.29 is 18.8 Å². The summed E-state index contributed by atoms with van der Waals surface area (Å²) in [6.07, 6.45) is 0. The van der Waals surface area contributed by atoms with Gasteiger partial charge in [0.15, 0.2) is 5.78 Å². The minimum atomic E-state index is -0.359. The van der Waals surface area contributed by atoms with Crippen molar-refractivity contribution in [2.24, 2.45) is 0 Å². The van der Waals surface area contributed by atoms with Crippen molar-refractivity contribution in [3.05, 3.63) is 95.4 Å². The van der Waals surface area contributed by atoms with Crippen LogP contribution < -0.4 is 10.6 Å². The molecule has 0 saturated carbocycles. The van der Waals surface area contributed by atoms with Crippen molar-refractivity contribution >= 4 is 29.1 Å². The number of aryl methyl sites for hydroxylation is 1. The first-order valence-corrected chi connectivity index (χ1v) is 10.9. The summed E-state index contributed by atoms with van der Waals surface area (Å²) in [5, 5.41) is 10.2. The Morgan fingerprint density at radius 2 is 1.54 bits per heavy atom. The number of carbonyl (C=O) groups excluding carboxylic acids is 3. The zero-order valence-electron chi connectivity index (χ0n) is 19.4. The van der Waals surface area contributed by atoms with Gasteiger partial charge >= 0.3 is 0 Å². The average Bonchev–Trinajstić information content (AvgIpc) is 3.15. The molecule has 0 aliphatic heterocycles. The number of benzene rings is 3. The molecule has 1 heterocycles. The van der Waals surface area contributed by atoms with Gasteiger partial charge in [0.25, 0.3) is 5.91 Å². The number of hydrogen-bond donors (Lipinski definition) is 2. The molecule has 0 atom stereocenters. The summed E-state index contributed by atoms with van der Waals surface area (Å²) < 4.78 is 15.0. The number of Topliss-reactive ketones (excluding diaryl/α,β-unsaturated/α-hetero) is 1. The number of nitrogens with one attached hydrogen (secondary N) is 2. The molecule has 0 spiro atoms. The van der Waals surface area contributed by atoms with E-state index < -0.39 is 0 Å². The second-order valence-electron chi connectivity index (χ2n) is 8.05. The molecule has 4 aromatic rings. The normalized spacial score (nSPS) is 10.6. The van der Waals surface area contributed by atoms with Crippen LogP contribution in [0.25, 0.3) is 16.8 Å². The van der Waals surface area contributed by atoms with Gasteiger partial charge in [0, 0.05) is 29.3 Å². The number of amides is 2. The van der Waals surface area contributed by atoms with Crippen molar-refractivity contribution in [3.63, 3.8) is 0 Å². The lowest BCUT2D eigenvalue weighted by atomic mass is 10.1. The molecule has 35 heavy (non-hydrogen) atoms. The maximum atomic E-state index is 13.4. The molecule has 0 saturated heterocycles. The van der Waals surface area contributed by atoms with Crippen LogP contribution in [0.5, 0.6) is 0 Å². The van der Waals surface area contributed by atoms with Gasteiger partial charge in [-0.15, -0.1) is 0 Å². The number of anilines is 2. The zero-order valence-corrected chi connectivity index (χ0v) is 19.4. The first kappa shape index (κ1) is 23.6. The molecule has 0 unspecified atom stereocenters. The number of nitrogens with zero attached hydrogens (tertiary/aromatic N) is 2. The van der Waals surface area contributed by atoms with E-state index in [1.165, 1.54) is 26.0 Å². The smallest absolute Gasteiger partial charge is 0.255 e.